The largest absolute Gasteiger partial charge is 0.389 e. The summed E-state index contributed by atoms with van der Waals surface area (Å²) in [5, 5.41) is 13.0. The molecule has 0 saturated carbocycles. The summed E-state index contributed by atoms with van der Waals surface area (Å²) in [6.07, 6.45) is 4.13. The number of carbonyl (C=O) groups excluding carboxylic acids is 1. The van der Waals surface area contributed by atoms with E-state index in [0.717, 1.165) is 38.8 Å². The molecule has 1 aliphatic heterocycles. The van der Waals surface area contributed by atoms with Gasteiger partial charge in [-0.05, 0) is 46.6 Å². The number of piperidine rings is 1. The summed E-state index contributed by atoms with van der Waals surface area (Å²) in [6, 6.07) is 0.266. The SMILES string of the molecule is CCCC(C)NC(=O)C1CCCN(CC(C)(C)O)C1. The molecule has 1 rings (SSSR count). The van der Waals surface area contributed by atoms with E-state index in [9.17, 15) is 9.90 Å². The molecule has 0 aromatic heterocycles. The Labute approximate surface area is 117 Å². The van der Waals surface area contributed by atoms with Crippen LogP contribution in [0, 0.1) is 5.92 Å². The van der Waals surface area contributed by atoms with Crippen molar-refractivity contribution in [1.29, 1.82) is 0 Å². The molecule has 1 saturated heterocycles. The topological polar surface area (TPSA) is 52.6 Å². The Morgan fingerprint density at radius 2 is 2.21 bits per heavy atom. The average Bonchev–Trinajstić information content (AvgIpc) is 2.27. The van der Waals surface area contributed by atoms with E-state index < -0.39 is 5.60 Å². The second-order valence-electron chi connectivity index (χ2n) is 6.59. The van der Waals surface area contributed by atoms with Gasteiger partial charge in [0.1, 0.15) is 0 Å². The highest BCUT2D eigenvalue weighted by Gasteiger charge is 2.28. The first-order valence-electron chi connectivity index (χ1n) is 7.57. The molecule has 2 unspecified atom stereocenters. The van der Waals surface area contributed by atoms with Crippen LogP contribution in [-0.4, -0.2) is 47.2 Å². The lowest BCUT2D eigenvalue weighted by Crippen LogP contribution is -2.48. The number of hydrogen-bond donors (Lipinski definition) is 2. The molecule has 0 aromatic carbocycles. The van der Waals surface area contributed by atoms with Crippen LogP contribution in [0.15, 0.2) is 0 Å². The number of β-amino-alcohol motifs (C(OH)–C–C–N with tert-alkyl or cyclic N) is 1. The molecular weight excluding hydrogens is 240 g/mol. The van der Waals surface area contributed by atoms with Crippen molar-refractivity contribution in [2.24, 2.45) is 5.92 Å². The molecule has 0 spiro atoms. The maximum Gasteiger partial charge on any atom is 0.224 e. The van der Waals surface area contributed by atoms with Gasteiger partial charge in [0.2, 0.25) is 5.91 Å². The summed E-state index contributed by atoms with van der Waals surface area (Å²) in [7, 11) is 0. The van der Waals surface area contributed by atoms with Crippen LogP contribution in [0.25, 0.3) is 0 Å². The fourth-order valence-corrected chi connectivity index (χ4v) is 2.83. The van der Waals surface area contributed by atoms with Gasteiger partial charge in [-0.25, -0.2) is 0 Å². The van der Waals surface area contributed by atoms with E-state index in [4.69, 9.17) is 0 Å². The molecule has 0 aromatic rings. The summed E-state index contributed by atoms with van der Waals surface area (Å²) in [5.74, 6) is 0.261. The second kappa shape index (κ2) is 7.25. The fourth-order valence-electron chi connectivity index (χ4n) is 2.83. The van der Waals surface area contributed by atoms with Crippen LogP contribution in [0.4, 0.5) is 0 Å². The first kappa shape index (κ1) is 16.4. The molecule has 4 heteroatoms. The van der Waals surface area contributed by atoms with Crippen molar-refractivity contribution in [3.05, 3.63) is 0 Å². The van der Waals surface area contributed by atoms with Crippen LogP contribution in [0.5, 0.6) is 0 Å². The molecule has 4 nitrogen and oxygen atoms in total. The van der Waals surface area contributed by atoms with Gasteiger partial charge >= 0.3 is 0 Å². The third kappa shape index (κ3) is 6.39. The zero-order valence-corrected chi connectivity index (χ0v) is 12.9. The van der Waals surface area contributed by atoms with Gasteiger partial charge in [-0.15, -0.1) is 0 Å². The summed E-state index contributed by atoms with van der Waals surface area (Å²) >= 11 is 0. The minimum atomic E-state index is -0.687. The highest BCUT2D eigenvalue weighted by Crippen LogP contribution is 2.19. The van der Waals surface area contributed by atoms with Crippen molar-refractivity contribution in [1.82, 2.24) is 10.2 Å². The van der Waals surface area contributed by atoms with Gasteiger partial charge in [0.05, 0.1) is 11.5 Å². The Morgan fingerprint density at radius 1 is 1.53 bits per heavy atom. The van der Waals surface area contributed by atoms with Crippen LogP contribution in [0.3, 0.4) is 0 Å². The zero-order valence-electron chi connectivity index (χ0n) is 12.9. The molecule has 1 fully saturated rings. The number of amides is 1. The summed E-state index contributed by atoms with van der Waals surface area (Å²) in [5.41, 5.74) is -0.687. The molecule has 0 bridgehead atoms. The monoisotopic (exact) mass is 270 g/mol. The van der Waals surface area contributed by atoms with Crippen LogP contribution in [0.2, 0.25) is 0 Å². The van der Waals surface area contributed by atoms with Crippen molar-refractivity contribution in [2.45, 2.75) is 65.0 Å². The first-order chi connectivity index (χ1) is 8.81. The standard InChI is InChI=1S/C15H30N2O2/c1-5-7-12(2)16-14(18)13-8-6-9-17(10-13)11-15(3,4)19/h12-13,19H,5-11H2,1-4H3,(H,16,18). The molecule has 1 heterocycles. The van der Waals surface area contributed by atoms with E-state index >= 15 is 0 Å². The van der Waals surface area contributed by atoms with E-state index in [1.54, 1.807) is 0 Å². The highest BCUT2D eigenvalue weighted by molar-refractivity contribution is 5.79. The molecule has 112 valence electrons. The molecule has 0 aliphatic carbocycles. The maximum absolute atomic E-state index is 12.2. The van der Waals surface area contributed by atoms with Crippen molar-refractivity contribution in [3.63, 3.8) is 0 Å². The third-order valence-electron chi connectivity index (χ3n) is 3.60. The first-order valence-corrected chi connectivity index (χ1v) is 7.57. The van der Waals surface area contributed by atoms with Crippen LogP contribution in [-0.2, 0) is 4.79 Å². The van der Waals surface area contributed by atoms with Gasteiger partial charge in [0.25, 0.3) is 0 Å². The lowest BCUT2D eigenvalue weighted by molar-refractivity contribution is -0.127. The van der Waals surface area contributed by atoms with Gasteiger partial charge in [0, 0.05) is 19.1 Å². The molecular formula is C15H30N2O2. The Bertz CT molecular complexity index is 286. The number of nitrogens with one attached hydrogen (secondary N) is 1. The minimum Gasteiger partial charge on any atom is -0.389 e. The van der Waals surface area contributed by atoms with Crippen LogP contribution in [0.1, 0.15) is 53.4 Å². The van der Waals surface area contributed by atoms with Gasteiger partial charge in [0.15, 0.2) is 0 Å². The fraction of sp³-hybridized carbons (Fsp3) is 0.933. The van der Waals surface area contributed by atoms with Gasteiger partial charge in [-0.2, -0.15) is 0 Å². The Hall–Kier alpha value is -0.610. The average molecular weight is 270 g/mol. The van der Waals surface area contributed by atoms with E-state index in [-0.39, 0.29) is 17.9 Å². The predicted octanol–water partition coefficient (Wildman–Crippen LogP) is 1.77. The molecule has 1 aliphatic rings. The lowest BCUT2D eigenvalue weighted by Gasteiger charge is -2.35. The van der Waals surface area contributed by atoms with Crippen LogP contribution >= 0.6 is 0 Å². The second-order valence-corrected chi connectivity index (χ2v) is 6.59. The smallest absolute Gasteiger partial charge is 0.224 e. The molecule has 1 amide bonds. The van der Waals surface area contributed by atoms with Crippen molar-refractivity contribution < 1.29 is 9.90 Å². The van der Waals surface area contributed by atoms with E-state index in [1.807, 2.05) is 13.8 Å². The number of rotatable bonds is 6. The van der Waals surface area contributed by atoms with Gasteiger partial charge in [-0.3, -0.25) is 9.69 Å². The Balaban J connectivity index is 2.43. The lowest BCUT2D eigenvalue weighted by atomic mass is 9.95. The van der Waals surface area contributed by atoms with Crippen molar-refractivity contribution in [2.75, 3.05) is 19.6 Å². The Kier molecular flexibility index (Phi) is 6.27. The predicted molar refractivity (Wildman–Crippen MR) is 78.0 cm³/mol. The molecule has 19 heavy (non-hydrogen) atoms. The van der Waals surface area contributed by atoms with E-state index in [0.29, 0.717) is 6.54 Å². The van der Waals surface area contributed by atoms with Crippen LogP contribution < -0.4 is 5.32 Å². The quantitative estimate of drug-likeness (QED) is 0.773. The molecule has 0 radical (unpaired) electrons. The number of hydrogen-bond acceptors (Lipinski definition) is 3. The normalized spacial score (nSPS) is 23.1. The van der Waals surface area contributed by atoms with E-state index in [1.165, 1.54) is 0 Å². The van der Waals surface area contributed by atoms with Crippen molar-refractivity contribution >= 4 is 5.91 Å². The van der Waals surface area contributed by atoms with Gasteiger partial charge < -0.3 is 10.4 Å². The number of aliphatic hydroxyl groups is 1. The maximum atomic E-state index is 12.2. The summed E-state index contributed by atoms with van der Waals surface area (Å²) < 4.78 is 0. The summed E-state index contributed by atoms with van der Waals surface area (Å²) in [6.45, 7) is 10.2. The van der Waals surface area contributed by atoms with Gasteiger partial charge in [-0.1, -0.05) is 13.3 Å². The zero-order chi connectivity index (χ0) is 14.5. The highest BCUT2D eigenvalue weighted by atomic mass is 16.3. The summed E-state index contributed by atoms with van der Waals surface area (Å²) in [4.78, 5) is 14.4. The Morgan fingerprint density at radius 3 is 2.79 bits per heavy atom. The molecule has 2 N–H and O–H groups in total. The number of likely N-dealkylation sites (tertiary alicyclic amines) is 1. The third-order valence-corrected chi connectivity index (χ3v) is 3.60. The van der Waals surface area contributed by atoms with Crippen molar-refractivity contribution in [3.8, 4) is 0 Å². The minimum absolute atomic E-state index is 0.0791. The molecule has 2 atom stereocenters. The van der Waals surface area contributed by atoms with E-state index in [2.05, 4.69) is 24.1 Å². The number of nitrogens with zero attached hydrogens (tertiary/aromatic N) is 1. The number of carbonyl (C=O) groups is 1.